The molecule has 0 spiro atoms. The van der Waals surface area contributed by atoms with E-state index in [1.54, 1.807) is 12.1 Å². The van der Waals surface area contributed by atoms with Crippen LogP contribution in [0.15, 0.2) is 18.2 Å². The van der Waals surface area contributed by atoms with Gasteiger partial charge in [-0.3, -0.25) is 9.59 Å². The highest BCUT2D eigenvalue weighted by molar-refractivity contribution is 7.00. The van der Waals surface area contributed by atoms with Crippen LogP contribution >= 0.6 is 11.7 Å². The minimum atomic E-state index is -0.350. The van der Waals surface area contributed by atoms with Gasteiger partial charge in [0.1, 0.15) is 11.0 Å². The summed E-state index contributed by atoms with van der Waals surface area (Å²) in [5, 5.41) is 2.74. The van der Waals surface area contributed by atoms with Gasteiger partial charge in [-0.15, -0.1) is 0 Å². The molecule has 2 aliphatic carbocycles. The van der Waals surface area contributed by atoms with E-state index < -0.39 is 0 Å². The molecule has 2 fully saturated rings. The highest BCUT2D eigenvalue weighted by Gasteiger charge is 2.40. The molecule has 0 saturated heterocycles. The van der Waals surface area contributed by atoms with Crippen molar-refractivity contribution < 1.29 is 14.3 Å². The van der Waals surface area contributed by atoms with Gasteiger partial charge in [-0.1, -0.05) is 12.5 Å². The molecule has 0 radical (unpaired) electrons. The van der Waals surface area contributed by atoms with E-state index in [0.717, 1.165) is 29.6 Å². The summed E-state index contributed by atoms with van der Waals surface area (Å²) in [4.78, 5) is 24.0. The van der Waals surface area contributed by atoms with Crippen molar-refractivity contribution in [3.63, 3.8) is 0 Å². The summed E-state index contributed by atoms with van der Waals surface area (Å²) < 4.78 is 13.5. The fourth-order valence-electron chi connectivity index (χ4n) is 4.14. The Morgan fingerprint density at radius 1 is 1.25 bits per heavy atom. The Balaban J connectivity index is 1.27. The summed E-state index contributed by atoms with van der Waals surface area (Å²) >= 11 is 1.10. The maximum absolute atomic E-state index is 12.0. The van der Waals surface area contributed by atoms with Crippen LogP contribution in [0.2, 0.25) is 0 Å². The van der Waals surface area contributed by atoms with Crippen molar-refractivity contribution >= 4 is 40.3 Å². The first-order chi connectivity index (χ1) is 11.7. The molecule has 3 atom stereocenters. The van der Waals surface area contributed by atoms with Gasteiger partial charge in [0.15, 0.2) is 6.61 Å². The number of hydrogen-bond acceptors (Lipinski definition) is 6. The van der Waals surface area contributed by atoms with Crippen LogP contribution in [0.3, 0.4) is 0 Å². The molecule has 2 saturated carbocycles. The van der Waals surface area contributed by atoms with Crippen molar-refractivity contribution in [3.8, 4) is 0 Å². The van der Waals surface area contributed by atoms with E-state index in [4.69, 9.17) is 4.74 Å². The maximum atomic E-state index is 12.0. The Morgan fingerprint density at radius 2 is 2.17 bits per heavy atom. The van der Waals surface area contributed by atoms with Gasteiger partial charge >= 0.3 is 5.97 Å². The van der Waals surface area contributed by atoms with E-state index >= 15 is 0 Å². The van der Waals surface area contributed by atoms with Crippen LogP contribution in [-0.4, -0.2) is 27.2 Å². The molecule has 2 bridgehead atoms. The number of anilines is 1. The molecule has 1 aromatic heterocycles. The number of carbonyl (C=O) groups excluding carboxylic acids is 2. The quantitative estimate of drug-likeness (QED) is 0.843. The van der Waals surface area contributed by atoms with Gasteiger partial charge in [-0.2, -0.15) is 8.75 Å². The third-order valence-corrected chi connectivity index (χ3v) is 5.78. The molecule has 1 N–H and O–H groups in total. The van der Waals surface area contributed by atoms with E-state index in [0.29, 0.717) is 29.5 Å². The number of nitrogens with one attached hydrogen (secondary N) is 1. The zero-order valence-electron chi connectivity index (χ0n) is 13.2. The highest BCUT2D eigenvalue weighted by Crippen LogP contribution is 2.49. The lowest BCUT2D eigenvalue weighted by Gasteiger charge is -2.20. The van der Waals surface area contributed by atoms with Crippen molar-refractivity contribution in [1.82, 2.24) is 8.75 Å². The zero-order chi connectivity index (χ0) is 16.5. The predicted molar refractivity (Wildman–Crippen MR) is 90.6 cm³/mol. The van der Waals surface area contributed by atoms with Crippen LogP contribution in [0.25, 0.3) is 11.0 Å². The first-order valence-electron chi connectivity index (χ1n) is 8.36. The van der Waals surface area contributed by atoms with Gasteiger partial charge in [-0.25, -0.2) is 0 Å². The highest BCUT2D eigenvalue weighted by atomic mass is 32.1. The average Bonchev–Trinajstić information content (AvgIpc) is 3.29. The number of nitrogens with zero attached hydrogens (tertiary/aromatic N) is 2. The molecule has 1 amide bonds. The minimum absolute atomic E-state index is 0.256. The summed E-state index contributed by atoms with van der Waals surface area (Å²) in [5.41, 5.74) is 1.99. The van der Waals surface area contributed by atoms with Gasteiger partial charge in [0.2, 0.25) is 0 Å². The zero-order valence-corrected chi connectivity index (χ0v) is 14.1. The third kappa shape index (κ3) is 3.13. The number of esters is 1. The lowest BCUT2D eigenvalue weighted by atomic mass is 9.86. The van der Waals surface area contributed by atoms with Crippen LogP contribution in [-0.2, 0) is 14.3 Å². The van der Waals surface area contributed by atoms with Gasteiger partial charge in [0.05, 0.1) is 17.4 Å². The van der Waals surface area contributed by atoms with Crippen LogP contribution < -0.4 is 5.32 Å². The molecular weight excluding hydrogens is 326 g/mol. The summed E-state index contributed by atoms with van der Waals surface area (Å²) in [6, 6.07) is 5.41. The normalized spacial score (nSPS) is 25.1. The molecule has 2 aromatic rings. The molecule has 7 heteroatoms. The summed E-state index contributed by atoms with van der Waals surface area (Å²) in [5.74, 6) is 1.33. The molecule has 24 heavy (non-hydrogen) atoms. The van der Waals surface area contributed by atoms with Crippen molar-refractivity contribution in [2.75, 3.05) is 11.9 Å². The van der Waals surface area contributed by atoms with E-state index in [1.807, 2.05) is 6.07 Å². The SMILES string of the molecule is O=C(COC(=O)C[C@@H]1C[C@H]2CC[C@@H]1C2)Nc1cccc2nsnc12. The Bertz CT molecular complexity index is 775. The summed E-state index contributed by atoms with van der Waals surface area (Å²) in [7, 11) is 0. The maximum Gasteiger partial charge on any atom is 0.306 e. The first kappa shape index (κ1) is 15.5. The van der Waals surface area contributed by atoms with Crippen molar-refractivity contribution in [2.45, 2.75) is 32.1 Å². The monoisotopic (exact) mass is 345 g/mol. The van der Waals surface area contributed by atoms with Crippen LogP contribution in [0.4, 0.5) is 5.69 Å². The van der Waals surface area contributed by atoms with Crippen molar-refractivity contribution in [2.24, 2.45) is 17.8 Å². The Morgan fingerprint density at radius 3 is 2.96 bits per heavy atom. The van der Waals surface area contributed by atoms with Gasteiger partial charge in [-0.05, 0) is 49.1 Å². The van der Waals surface area contributed by atoms with E-state index in [2.05, 4.69) is 14.1 Å². The second-order valence-corrected chi connectivity index (χ2v) is 7.31. The molecule has 2 aliphatic rings. The summed E-state index contributed by atoms with van der Waals surface area (Å²) in [6.07, 6.45) is 5.42. The summed E-state index contributed by atoms with van der Waals surface area (Å²) in [6.45, 7) is -0.256. The Labute approximate surface area is 143 Å². The molecule has 0 aliphatic heterocycles. The largest absolute Gasteiger partial charge is 0.456 e. The van der Waals surface area contributed by atoms with Crippen LogP contribution in [0, 0.1) is 17.8 Å². The first-order valence-corrected chi connectivity index (χ1v) is 9.09. The number of rotatable bonds is 5. The number of ether oxygens (including phenoxy) is 1. The topological polar surface area (TPSA) is 81.2 Å². The number of fused-ring (bicyclic) bond motifs is 3. The molecule has 1 aromatic carbocycles. The molecule has 4 rings (SSSR count). The van der Waals surface area contributed by atoms with E-state index in [9.17, 15) is 9.59 Å². The average molecular weight is 345 g/mol. The van der Waals surface area contributed by atoms with Gasteiger partial charge < -0.3 is 10.1 Å². The molecular formula is C17H19N3O3S. The predicted octanol–water partition coefficient (Wildman–Crippen LogP) is 3.00. The van der Waals surface area contributed by atoms with E-state index in [-0.39, 0.29) is 18.5 Å². The Hall–Kier alpha value is -2.02. The fraction of sp³-hybridized carbons (Fsp3) is 0.529. The van der Waals surface area contributed by atoms with E-state index in [1.165, 1.54) is 19.3 Å². The second-order valence-electron chi connectivity index (χ2n) is 6.79. The lowest BCUT2D eigenvalue weighted by Crippen LogP contribution is -2.23. The van der Waals surface area contributed by atoms with Crippen LogP contribution in [0.1, 0.15) is 32.1 Å². The molecule has 6 nitrogen and oxygen atoms in total. The number of hydrogen-bond donors (Lipinski definition) is 1. The lowest BCUT2D eigenvalue weighted by molar-refractivity contribution is -0.148. The van der Waals surface area contributed by atoms with Gasteiger partial charge in [0.25, 0.3) is 5.91 Å². The fourth-order valence-corrected chi connectivity index (χ4v) is 4.69. The number of benzene rings is 1. The van der Waals surface area contributed by atoms with Crippen LogP contribution in [0.5, 0.6) is 0 Å². The third-order valence-electron chi connectivity index (χ3n) is 5.24. The molecule has 1 heterocycles. The molecule has 126 valence electrons. The number of aromatic nitrogens is 2. The smallest absolute Gasteiger partial charge is 0.306 e. The standard InChI is InChI=1S/C17H19N3O3S/c21-15(18-13-2-1-3-14-17(13)20-24-19-14)9-23-16(22)8-12-7-10-4-5-11(12)6-10/h1-3,10-12H,4-9H2,(H,18,21)/t10-,11+,12-/m0/s1. The minimum Gasteiger partial charge on any atom is -0.456 e. The van der Waals surface area contributed by atoms with Gasteiger partial charge in [0, 0.05) is 6.42 Å². The molecule has 0 unspecified atom stereocenters. The van der Waals surface area contributed by atoms with Crippen molar-refractivity contribution in [1.29, 1.82) is 0 Å². The Kier molecular flexibility index (Phi) is 4.18. The number of carbonyl (C=O) groups is 2. The van der Waals surface area contributed by atoms with Crippen molar-refractivity contribution in [3.05, 3.63) is 18.2 Å². The number of amides is 1. The second kappa shape index (κ2) is 6.47.